The number of aryl methyl sites for hydroxylation is 2. The largest absolute Gasteiger partial charge is 0.206 e. The molecule has 0 aliphatic rings. The quantitative estimate of drug-likeness (QED) is 0.550. The molecule has 2 heteroatoms. The SMILES string of the molecule is Cc1ccc(-c2ccc(-c3ccc(C)cc3F)cc2)c(F)c1. The van der Waals surface area contributed by atoms with Crippen molar-refractivity contribution in [1.29, 1.82) is 0 Å². The predicted molar refractivity (Wildman–Crippen MR) is 86.7 cm³/mol. The van der Waals surface area contributed by atoms with Crippen molar-refractivity contribution in [1.82, 2.24) is 0 Å². The molecule has 0 atom stereocenters. The lowest BCUT2D eigenvalue weighted by molar-refractivity contribution is 0.629. The van der Waals surface area contributed by atoms with Crippen LogP contribution in [0.4, 0.5) is 8.78 Å². The summed E-state index contributed by atoms with van der Waals surface area (Å²) in [5, 5.41) is 0. The lowest BCUT2D eigenvalue weighted by Gasteiger charge is -2.08. The number of halogens is 2. The molecule has 0 saturated carbocycles. The van der Waals surface area contributed by atoms with Crippen LogP contribution in [-0.2, 0) is 0 Å². The Morgan fingerprint density at radius 1 is 0.545 bits per heavy atom. The molecule has 0 nitrogen and oxygen atoms in total. The van der Waals surface area contributed by atoms with E-state index in [1.807, 2.05) is 50.2 Å². The second kappa shape index (κ2) is 5.72. The molecule has 0 radical (unpaired) electrons. The van der Waals surface area contributed by atoms with Gasteiger partial charge in [0.1, 0.15) is 11.6 Å². The van der Waals surface area contributed by atoms with Crippen LogP contribution >= 0.6 is 0 Å². The van der Waals surface area contributed by atoms with E-state index < -0.39 is 0 Å². The summed E-state index contributed by atoms with van der Waals surface area (Å²) in [7, 11) is 0. The predicted octanol–water partition coefficient (Wildman–Crippen LogP) is 5.92. The normalized spacial score (nSPS) is 10.7. The van der Waals surface area contributed by atoms with Crippen molar-refractivity contribution in [3.8, 4) is 22.3 Å². The molecular formula is C20H16F2. The fourth-order valence-corrected chi connectivity index (χ4v) is 2.54. The highest BCUT2D eigenvalue weighted by Crippen LogP contribution is 2.28. The summed E-state index contributed by atoms with van der Waals surface area (Å²) in [6, 6.07) is 17.6. The van der Waals surface area contributed by atoms with Crippen LogP contribution in [0, 0.1) is 25.5 Å². The minimum Gasteiger partial charge on any atom is -0.206 e. The monoisotopic (exact) mass is 294 g/mol. The lowest BCUT2D eigenvalue weighted by atomic mass is 9.98. The minimum atomic E-state index is -0.241. The van der Waals surface area contributed by atoms with Gasteiger partial charge >= 0.3 is 0 Å². The highest BCUT2D eigenvalue weighted by Gasteiger charge is 2.08. The smallest absolute Gasteiger partial charge is 0.131 e. The second-order valence-electron chi connectivity index (χ2n) is 5.54. The summed E-state index contributed by atoms with van der Waals surface area (Å²) in [6.45, 7) is 3.71. The van der Waals surface area contributed by atoms with Gasteiger partial charge in [0, 0.05) is 11.1 Å². The Morgan fingerprint density at radius 2 is 0.909 bits per heavy atom. The van der Waals surface area contributed by atoms with Crippen molar-refractivity contribution < 1.29 is 8.78 Å². The van der Waals surface area contributed by atoms with Gasteiger partial charge in [-0.3, -0.25) is 0 Å². The number of hydrogen-bond acceptors (Lipinski definition) is 0. The van der Waals surface area contributed by atoms with Crippen molar-refractivity contribution in [3.05, 3.63) is 83.4 Å². The second-order valence-corrected chi connectivity index (χ2v) is 5.54. The Bertz CT molecular complexity index is 747. The molecule has 0 heterocycles. The molecule has 0 aliphatic heterocycles. The standard InChI is InChI=1S/C20H16F2/c1-13-3-9-17(19(21)11-13)15-5-7-16(8-6-15)18-10-4-14(2)12-20(18)22/h3-12H,1-2H3. The molecule has 0 fully saturated rings. The first-order valence-electron chi connectivity index (χ1n) is 7.18. The molecular weight excluding hydrogens is 278 g/mol. The molecule has 0 bridgehead atoms. The van der Waals surface area contributed by atoms with Gasteiger partial charge in [-0.2, -0.15) is 0 Å². The summed E-state index contributed by atoms with van der Waals surface area (Å²) < 4.78 is 28.0. The number of benzene rings is 3. The van der Waals surface area contributed by atoms with Gasteiger partial charge in [-0.25, -0.2) is 8.78 Å². The Morgan fingerprint density at radius 3 is 1.23 bits per heavy atom. The van der Waals surface area contributed by atoms with E-state index in [-0.39, 0.29) is 11.6 Å². The average molecular weight is 294 g/mol. The zero-order valence-electron chi connectivity index (χ0n) is 12.5. The van der Waals surface area contributed by atoms with E-state index >= 15 is 0 Å². The van der Waals surface area contributed by atoms with E-state index in [2.05, 4.69) is 0 Å². The third-order valence-corrected chi connectivity index (χ3v) is 3.76. The van der Waals surface area contributed by atoms with Gasteiger partial charge in [-0.1, -0.05) is 48.5 Å². The van der Waals surface area contributed by atoms with Gasteiger partial charge in [0.2, 0.25) is 0 Å². The molecule has 3 rings (SSSR count). The van der Waals surface area contributed by atoms with Crippen molar-refractivity contribution in [3.63, 3.8) is 0 Å². The first-order valence-corrected chi connectivity index (χ1v) is 7.18. The topological polar surface area (TPSA) is 0 Å². The highest BCUT2D eigenvalue weighted by molar-refractivity contribution is 5.71. The first kappa shape index (κ1) is 14.5. The molecule has 3 aromatic rings. The van der Waals surface area contributed by atoms with E-state index in [0.29, 0.717) is 11.1 Å². The molecule has 3 aromatic carbocycles. The highest BCUT2D eigenvalue weighted by atomic mass is 19.1. The van der Waals surface area contributed by atoms with Gasteiger partial charge in [-0.15, -0.1) is 0 Å². The maximum absolute atomic E-state index is 14.0. The molecule has 0 spiro atoms. The van der Waals surface area contributed by atoms with Crippen LogP contribution in [0.1, 0.15) is 11.1 Å². The molecule has 0 N–H and O–H groups in total. The van der Waals surface area contributed by atoms with E-state index in [1.54, 1.807) is 12.1 Å². The van der Waals surface area contributed by atoms with Crippen molar-refractivity contribution in [2.45, 2.75) is 13.8 Å². The molecule has 0 amide bonds. The molecule has 0 aromatic heterocycles. The Balaban J connectivity index is 1.99. The van der Waals surface area contributed by atoms with Gasteiger partial charge in [0.25, 0.3) is 0 Å². The summed E-state index contributed by atoms with van der Waals surface area (Å²) in [4.78, 5) is 0. The minimum absolute atomic E-state index is 0.241. The van der Waals surface area contributed by atoms with Crippen LogP contribution in [0.15, 0.2) is 60.7 Å². The van der Waals surface area contributed by atoms with Gasteiger partial charge in [0.15, 0.2) is 0 Å². The Kier molecular flexibility index (Phi) is 3.76. The fraction of sp³-hybridized carbons (Fsp3) is 0.100. The van der Waals surface area contributed by atoms with Crippen LogP contribution in [0.3, 0.4) is 0 Å². The van der Waals surface area contributed by atoms with Gasteiger partial charge in [0.05, 0.1) is 0 Å². The van der Waals surface area contributed by atoms with Crippen LogP contribution in [0.5, 0.6) is 0 Å². The van der Waals surface area contributed by atoms with Crippen LogP contribution in [-0.4, -0.2) is 0 Å². The Labute approximate surface area is 129 Å². The number of rotatable bonds is 2. The molecule has 0 unspecified atom stereocenters. The van der Waals surface area contributed by atoms with Crippen molar-refractivity contribution in [2.24, 2.45) is 0 Å². The molecule has 22 heavy (non-hydrogen) atoms. The summed E-state index contributed by atoms with van der Waals surface area (Å²) in [5.74, 6) is -0.483. The molecule has 110 valence electrons. The molecule has 0 aliphatic carbocycles. The third kappa shape index (κ3) is 2.77. The zero-order chi connectivity index (χ0) is 15.7. The fourth-order valence-electron chi connectivity index (χ4n) is 2.54. The number of hydrogen-bond donors (Lipinski definition) is 0. The maximum Gasteiger partial charge on any atom is 0.131 e. The summed E-state index contributed by atoms with van der Waals surface area (Å²) >= 11 is 0. The first-order chi connectivity index (χ1) is 10.5. The third-order valence-electron chi connectivity index (χ3n) is 3.76. The average Bonchev–Trinajstić information content (AvgIpc) is 2.48. The van der Waals surface area contributed by atoms with E-state index in [4.69, 9.17) is 0 Å². The maximum atomic E-state index is 14.0. The summed E-state index contributed by atoms with van der Waals surface area (Å²) in [6.07, 6.45) is 0. The van der Waals surface area contributed by atoms with Crippen molar-refractivity contribution >= 4 is 0 Å². The van der Waals surface area contributed by atoms with Crippen LogP contribution in [0.25, 0.3) is 22.3 Å². The van der Waals surface area contributed by atoms with Crippen LogP contribution in [0.2, 0.25) is 0 Å². The van der Waals surface area contributed by atoms with E-state index in [1.165, 1.54) is 12.1 Å². The van der Waals surface area contributed by atoms with Gasteiger partial charge in [-0.05, 0) is 48.2 Å². The molecule has 0 saturated heterocycles. The van der Waals surface area contributed by atoms with Crippen molar-refractivity contribution in [2.75, 3.05) is 0 Å². The van der Waals surface area contributed by atoms with E-state index in [9.17, 15) is 8.78 Å². The zero-order valence-corrected chi connectivity index (χ0v) is 12.5. The van der Waals surface area contributed by atoms with Gasteiger partial charge < -0.3 is 0 Å². The van der Waals surface area contributed by atoms with Crippen LogP contribution < -0.4 is 0 Å². The lowest BCUT2D eigenvalue weighted by Crippen LogP contribution is -1.88. The van der Waals surface area contributed by atoms with E-state index in [0.717, 1.165) is 22.3 Å². The Hall–Kier alpha value is -2.48. The summed E-state index contributed by atoms with van der Waals surface area (Å²) in [5.41, 5.74) is 4.46.